The van der Waals surface area contributed by atoms with E-state index in [4.69, 9.17) is 10.8 Å². The van der Waals surface area contributed by atoms with Crippen LogP contribution in [0.25, 0.3) is 0 Å². The number of aliphatic hydroxyl groups excluding tert-OH is 1. The van der Waals surface area contributed by atoms with Crippen molar-refractivity contribution in [1.29, 1.82) is 0 Å². The van der Waals surface area contributed by atoms with Gasteiger partial charge in [-0.1, -0.05) is 12.1 Å². The van der Waals surface area contributed by atoms with E-state index in [-0.39, 0.29) is 12.5 Å². The largest absolute Gasteiger partial charge is 0.392 e. The van der Waals surface area contributed by atoms with Gasteiger partial charge in [0.25, 0.3) is 0 Å². The van der Waals surface area contributed by atoms with Crippen LogP contribution in [0.2, 0.25) is 0 Å². The van der Waals surface area contributed by atoms with Gasteiger partial charge in [0, 0.05) is 11.2 Å². The normalized spacial score (nSPS) is 12.3. The topological polar surface area (TPSA) is 75.4 Å². The molecule has 4 N–H and O–H groups in total. The van der Waals surface area contributed by atoms with Gasteiger partial charge in [0.05, 0.1) is 12.0 Å². The van der Waals surface area contributed by atoms with Gasteiger partial charge in [-0.3, -0.25) is 4.79 Å². The van der Waals surface area contributed by atoms with E-state index in [2.05, 4.69) is 5.32 Å². The zero-order valence-corrected chi connectivity index (χ0v) is 11.4. The van der Waals surface area contributed by atoms with Crippen molar-refractivity contribution in [2.45, 2.75) is 39.8 Å². The third-order valence-corrected chi connectivity index (χ3v) is 3.55. The molecule has 0 aliphatic heterocycles. The number of aliphatic hydroxyl groups is 1. The van der Waals surface area contributed by atoms with Crippen molar-refractivity contribution >= 4 is 11.6 Å². The molecule has 0 aromatic heterocycles. The number of carbonyl (C=O) groups is 1. The van der Waals surface area contributed by atoms with E-state index in [1.807, 2.05) is 27.7 Å². The lowest BCUT2D eigenvalue weighted by atomic mass is 9.74. The molecule has 0 saturated carbocycles. The average Bonchev–Trinajstić information content (AvgIpc) is 2.27. The Kier molecular flexibility index (Phi) is 4.14. The molecule has 0 aliphatic rings. The maximum Gasteiger partial charge on any atom is 0.231 e. The van der Waals surface area contributed by atoms with Gasteiger partial charge in [0.1, 0.15) is 0 Å². The number of rotatable bonds is 4. The summed E-state index contributed by atoms with van der Waals surface area (Å²) < 4.78 is 0. The molecule has 0 fully saturated rings. The first-order valence-electron chi connectivity index (χ1n) is 5.98. The lowest BCUT2D eigenvalue weighted by molar-refractivity contribution is -0.126. The Bertz CT molecular complexity index is 434. The van der Waals surface area contributed by atoms with E-state index < -0.39 is 11.0 Å². The molecule has 0 saturated heterocycles. The number of nitrogens with one attached hydrogen (secondary N) is 1. The van der Waals surface area contributed by atoms with Crippen LogP contribution in [0.5, 0.6) is 0 Å². The number of benzene rings is 1. The van der Waals surface area contributed by atoms with Gasteiger partial charge in [-0.2, -0.15) is 0 Å². The summed E-state index contributed by atoms with van der Waals surface area (Å²) in [5, 5.41) is 11.9. The average molecular weight is 250 g/mol. The Morgan fingerprint density at radius 1 is 1.33 bits per heavy atom. The molecule has 0 spiro atoms. The highest BCUT2D eigenvalue weighted by Gasteiger charge is 2.40. The van der Waals surface area contributed by atoms with Crippen LogP contribution in [0.15, 0.2) is 24.3 Å². The fourth-order valence-electron chi connectivity index (χ4n) is 1.33. The maximum absolute atomic E-state index is 12.2. The van der Waals surface area contributed by atoms with Crippen LogP contribution in [0, 0.1) is 5.41 Å². The standard InChI is InChI=1S/C14H22N2O2/c1-13(2,14(3,4)15)12(18)16-11-7-5-6-10(8-11)9-17/h5-8,17H,9,15H2,1-4H3,(H,16,18). The first-order chi connectivity index (χ1) is 8.18. The molecule has 1 rings (SSSR count). The number of hydrogen-bond acceptors (Lipinski definition) is 3. The number of anilines is 1. The van der Waals surface area contributed by atoms with Gasteiger partial charge in [-0.15, -0.1) is 0 Å². The molecule has 4 heteroatoms. The van der Waals surface area contributed by atoms with E-state index in [1.54, 1.807) is 24.3 Å². The van der Waals surface area contributed by atoms with Crippen molar-refractivity contribution in [3.63, 3.8) is 0 Å². The SMILES string of the molecule is CC(C)(N)C(C)(C)C(=O)Nc1cccc(CO)c1. The third kappa shape index (κ3) is 3.09. The minimum Gasteiger partial charge on any atom is -0.392 e. The molecular formula is C14H22N2O2. The number of hydrogen-bond donors (Lipinski definition) is 3. The summed E-state index contributed by atoms with van der Waals surface area (Å²) in [7, 11) is 0. The first kappa shape index (κ1) is 14.7. The van der Waals surface area contributed by atoms with E-state index in [0.29, 0.717) is 5.69 Å². The van der Waals surface area contributed by atoms with Crippen LogP contribution in [-0.4, -0.2) is 16.6 Å². The van der Waals surface area contributed by atoms with E-state index in [1.165, 1.54) is 0 Å². The molecule has 0 unspecified atom stereocenters. The summed E-state index contributed by atoms with van der Waals surface area (Å²) in [5.41, 5.74) is 6.14. The van der Waals surface area contributed by atoms with Crippen molar-refractivity contribution in [3.8, 4) is 0 Å². The molecule has 4 nitrogen and oxygen atoms in total. The van der Waals surface area contributed by atoms with Gasteiger partial charge >= 0.3 is 0 Å². The summed E-state index contributed by atoms with van der Waals surface area (Å²) >= 11 is 0. The van der Waals surface area contributed by atoms with E-state index >= 15 is 0 Å². The molecular weight excluding hydrogens is 228 g/mol. The molecule has 0 bridgehead atoms. The molecule has 18 heavy (non-hydrogen) atoms. The second kappa shape index (κ2) is 5.08. The zero-order valence-electron chi connectivity index (χ0n) is 11.4. The van der Waals surface area contributed by atoms with E-state index in [9.17, 15) is 4.79 Å². The Morgan fingerprint density at radius 3 is 2.44 bits per heavy atom. The smallest absolute Gasteiger partial charge is 0.231 e. The van der Waals surface area contributed by atoms with Gasteiger partial charge in [-0.25, -0.2) is 0 Å². The summed E-state index contributed by atoms with van der Waals surface area (Å²) in [6.45, 7) is 7.25. The second-order valence-electron chi connectivity index (χ2n) is 5.66. The number of nitrogens with two attached hydrogens (primary N) is 1. The predicted octanol–water partition coefficient (Wildman–Crippen LogP) is 1.88. The van der Waals surface area contributed by atoms with Crippen molar-refractivity contribution in [1.82, 2.24) is 0 Å². The van der Waals surface area contributed by atoms with Crippen LogP contribution >= 0.6 is 0 Å². The third-order valence-electron chi connectivity index (χ3n) is 3.55. The molecule has 0 aliphatic carbocycles. The Labute approximate surface area is 108 Å². The first-order valence-corrected chi connectivity index (χ1v) is 5.98. The fraction of sp³-hybridized carbons (Fsp3) is 0.500. The highest BCUT2D eigenvalue weighted by atomic mass is 16.3. The molecule has 100 valence electrons. The summed E-state index contributed by atoms with van der Waals surface area (Å²) in [6, 6.07) is 7.13. The molecule has 0 heterocycles. The molecule has 0 atom stereocenters. The van der Waals surface area contributed by atoms with Crippen molar-refractivity contribution < 1.29 is 9.90 Å². The Balaban J connectivity index is 2.88. The molecule has 1 amide bonds. The highest BCUT2D eigenvalue weighted by Crippen LogP contribution is 2.29. The van der Waals surface area contributed by atoms with Crippen LogP contribution in [-0.2, 0) is 11.4 Å². The van der Waals surface area contributed by atoms with Crippen LogP contribution < -0.4 is 11.1 Å². The summed E-state index contributed by atoms with van der Waals surface area (Å²) in [5.74, 6) is -0.134. The molecule has 1 aromatic carbocycles. The van der Waals surface area contributed by atoms with Gasteiger partial charge < -0.3 is 16.2 Å². The maximum atomic E-state index is 12.2. The monoisotopic (exact) mass is 250 g/mol. The van der Waals surface area contributed by atoms with Crippen molar-refractivity contribution in [3.05, 3.63) is 29.8 Å². The predicted molar refractivity (Wildman–Crippen MR) is 73.0 cm³/mol. The number of carbonyl (C=O) groups excluding carboxylic acids is 1. The Morgan fingerprint density at radius 2 is 1.94 bits per heavy atom. The second-order valence-corrected chi connectivity index (χ2v) is 5.66. The lowest BCUT2D eigenvalue weighted by Gasteiger charge is -2.36. The van der Waals surface area contributed by atoms with Crippen molar-refractivity contribution in [2.75, 3.05) is 5.32 Å². The van der Waals surface area contributed by atoms with Gasteiger partial charge in [0.15, 0.2) is 0 Å². The lowest BCUT2D eigenvalue weighted by Crippen LogP contribution is -2.53. The quantitative estimate of drug-likeness (QED) is 0.763. The van der Waals surface area contributed by atoms with Gasteiger partial charge in [0.2, 0.25) is 5.91 Å². The minimum absolute atomic E-state index is 0.0461. The van der Waals surface area contributed by atoms with E-state index in [0.717, 1.165) is 5.56 Å². The fourth-order valence-corrected chi connectivity index (χ4v) is 1.33. The summed E-state index contributed by atoms with van der Waals surface area (Å²) in [6.07, 6.45) is 0. The number of amides is 1. The zero-order chi connectivity index (χ0) is 14.0. The molecule has 0 radical (unpaired) electrons. The summed E-state index contributed by atoms with van der Waals surface area (Å²) in [4.78, 5) is 12.2. The van der Waals surface area contributed by atoms with Crippen LogP contribution in [0.1, 0.15) is 33.3 Å². The van der Waals surface area contributed by atoms with Crippen LogP contribution in [0.4, 0.5) is 5.69 Å². The Hall–Kier alpha value is -1.39. The van der Waals surface area contributed by atoms with Crippen LogP contribution in [0.3, 0.4) is 0 Å². The van der Waals surface area contributed by atoms with Crippen molar-refractivity contribution in [2.24, 2.45) is 11.1 Å². The molecule has 1 aromatic rings. The minimum atomic E-state index is -0.692. The highest BCUT2D eigenvalue weighted by molar-refractivity contribution is 5.95. The van der Waals surface area contributed by atoms with Gasteiger partial charge in [-0.05, 0) is 45.4 Å².